The quantitative estimate of drug-likeness (QED) is 0.184. The first-order chi connectivity index (χ1) is 22.7. The van der Waals surface area contributed by atoms with E-state index in [0.717, 1.165) is 5.56 Å². The van der Waals surface area contributed by atoms with Crippen molar-refractivity contribution in [1.29, 1.82) is 0 Å². The average Bonchev–Trinajstić information content (AvgIpc) is 3.50. The van der Waals surface area contributed by atoms with Gasteiger partial charge >= 0.3 is 0 Å². The van der Waals surface area contributed by atoms with Crippen LogP contribution in [0, 0.1) is 0 Å². The Kier molecular flexibility index (Phi) is 11.5. The van der Waals surface area contributed by atoms with Crippen molar-refractivity contribution in [2.45, 2.75) is 153 Å². The van der Waals surface area contributed by atoms with E-state index < -0.39 is 59.8 Å². The molecule has 0 radical (unpaired) electrons. The van der Waals surface area contributed by atoms with Crippen molar-refractivity contribution in [3.8, 4) is 0 Å². The molecule has 1 unspecified atom stereocenters. The molecule has 0 bridgehead atoms. The van der Waals surface area contributed by atoms with Gasteiger partial charge in [-0.3, -0.25) is 0 Å². The molecule has 1 aromatic heterocycles. The first kappa shape index (κ1) is 40.8. The lowest BCUT2D eigenvalue weighted by Crippen LogP contribution is -2.56. The Labute approximate surface area is 303 Å². The predicted octanol–water partition coefficient (Wildman–Crippen LogP) is 7.82. The summed E-state index contributed by atoms with van der Waals surface area (Å²) >= 11 is 0. The van der Waals surface area contributed by atoms with Crippen molar-refractivity contribution >= 4 is 46.0 Å². The highest BCUT2D eigenvalue weighted by molar-refractivity contribution is 7.89. The fourth-order valence-corrected chi connectivity index (χ4v) is 9.32. The van der Waals surface area contributed by atoms with Crippen molar-refractivity contribution < 1.29 is 31.3 Å². The fraction of sp³-hybridized carbons (Fsp3) is 0.657. The molecule has 3 aromatic rings. The number of ether oxygens (including phenoxy) is 1. The van der Waals surface area contributed by atoms with Crippen LogP contribution >= 0.6 is 0 Å². The summed E-state index contributed by atoms with van der Waals surface area (Å²) in [5, 5.41) is 8.25. The smallest absolute Gasteiger partial charge is 0.257 e. The van der Waals surface area contributed by atoms with Gasteiger partial charge in [0.25, 0.3) is 6.29 Å². The van der Waals surface area contributed by atoms with E-state index in [4.69, 9.17) is 22.9 Å². The molecular weight excluding hydrogens is 705 g/mol. The summed E-state index contributed by atoms with van der Waals surface area (Å²) in [5.74, 6) is 0. The van der Waals surface area contributed by atoms with Crippen molar-refractivity contribution in [3.05, 3.63) is 54.1 Å². The molecule has 1 fully saturated rings. The van der Waals surface area contributed by atoms with Gasteiger partial charge in [0.1, 0.15) is 23.2 Å². The Balaban J connectivity index is 1.76. The SMILES string of the molecule is CC(C)(C)[Si](C)(C)OC1[C@H](On2nnc3ccc(S(=O)(=O)NCc4ccccc4)cc32)O[C@H](O[Si](C)(C)C(C)(C)C)[C@@H]1O[Si](C)(C)C(C)(C)C. The van der Waals surface area contributed by atoms with Gasteiger partial charge in [0.15, 0.2) is 31.2 Å². The van der Waals surface area contributed by atoms with Gasteiger partial charge in [-0.05, 0) is 83.4 Å². The van der Waals surface area contributed by atoms with E-state index in [9.17, 15) is 8.42 Å². The standard InChI is InChI=1S/C35H60N4O7SSi3/c1-33(2,3)48(10,11)44-29-30(45-49(12,13)34(4,5)6)32(46-50(14,15)35(7,8)9)42-31(29)43-39-28-23-26(21-22-27(28)37-38-39)47(40,41)36-24-25-19-17-16-18-20-25/h16-23,29-32,36H,24H2,1-15H3/t29?,30-,31+,32-/m1/s1. The van der Waals surface area contributed by atoms with Gasteiger partial charge in [-0.2, -0.15) is 0 Å². The molecule has 0 spiro atoms. The van der Waals surface area contributed by atoms with E-state index in [-0.39, 0.29) is 26.6 Å². The highest BCUT2D eigenvalue weighted by Crippen LogP contribution is 2.46. The monoisotopic (exact) mass is 764 g/mol. The molecule has 1 saturated heterocycles. The Morgan fingerprint density at radius 1 is 0.740 bits per heavy atom. The molecule has 1 N–H and O–H groups in total. The van der Waals surface area contributed by atoms with Crippen LogP contribution in [0.4, 0.5) is 0 Å². The fourth-order valence-electron chi connectivity index (χ4n) is 4.60. The van der Waals surface area contributed by atoms with Crippen LogP contribution in [-0.4, -0.2) is 73.3 Å². The van der Waals surface area contributed by atoms with Gasteiger partial charge in [-0.1, -0.05) is 97.5 Å². The lowest BCUT2D eigenvalue weighted by Gasteiger charge is -2.45. The maximum absolute atomic E-state index is 13.4. The van der Waals surface area contributed by atoms with E-state index in [0.29, 0.717) is 11.0 Å². The molecule has 1 aliphatic heterocycles. The van der Waals surface area contributed by atoms with E-state index in [2.05, 4.69) is 117 Å². The summed E-state index contributed by atoms with van der Waals surface area (Å²) in [7, 11) is -11.0. The maximum atomic E-state index is 13.4. The van der Waals surface area contributed by atoms with Gasteiger partial charge in [-0.15, -0.1) is 5.10 Å². The third kappa shape index (κ3) is 8.97. The lowest BCUT2D eigenvalue weighted by atomic mass is 10.2. The molecule has 280 valence electrons. The normalized spacial score (nSPS) is 21.6. The number of hydrogen-bond donors (Lipinski definition) is 1. The number of benzene rings is 2. The lowest BCUT2D eigenvalue weighted by molar-refractivity contribution is -0.203. The molecule has 15 heteroatoms. The van der Waals surface area contributed by atoms with E-state index in [1.807, 2.05) is 30.3 Å². The van der Waals surface area contributed by atoms with Gasteiger partial charge in [-0.25, -0.2) is 13.1 Å². The van der Waals surface area contributed by atoms with E-state index in [1.165, 1.54) is 17.0 Å². The third-order valence-electron chi connectivity index (χ3n) is 11.0. The Bertz CT molecular complexity index is 1730. The minimum absolute atomic E-state index is 0.0627. The molecule has 1 aliphatic rings. The summed E-state index contributed by atoms with van der Waals surface area (Å²) in [5.41, 5.74) is 1.69. The summed E-state index contributed by atoms with van der Waals surface area (Å²) in [6.07, 6.45) is -3.01. The maximum Gasteiger partial charge on any atom is 0.257 e. The zero-order valence-corrected chi connectivity index (χ0v) is 36.6. The molecule has 0 saturated carbocycles. The highest BCUT2D eigenvalue weighted by Gasteiger charge is 2.57. The van der Waals surface area contributed by atoms with E-state index in [1.54, 1.807) is 6.07 Å². The van der Waals surface area contributed by atoms with Crippen LogP contribution in [0.15, 0.2) is 53.4 Å². The number of rotatable bonds is 12. The molecule has 11 nitrogen and oxygen atoms in total. The number of fused-ring (bicyclic) bond motifs is 1. The number of aromatic nitrogens is 3. The Morgan fingerprint density at radius 3 is 1.76 bits per heavy atom. The summed E-state index contributed by atoms with van der Waals surface area (Å²) in [4.78, 5) is 7.83. The van der Waals surface area contributed by atoms with Gasteiger partial charge in [0.05, 0.1) is 4.90 Å². The first-order valence-corrected chi connectivity index (χ1v) is 27.6. The second-order valence-corrected chi connectivity index (χ2v) is 34.0. The molecule has 0 amide bonds. The topological polar surface area (TPSA) is 123 Å². The summed E-state index contributed by atoms with van der Waals surface area (Å²) in [6.45, 7) is 33.1. The predicted molar refractivity (Wildman–Crippen MR) is 206 cm³/mol. The summed E-state index contributed by atoms with van der Waals surface area (Å²) in [6, 6.07) is 14.0. The van der Waals surface area contributed by atoms with E-state index >= 15 is 0 Å². The highest BCUT2D eigenvalue weighted by atomic mass is 32.2. The third-order valence-corrected chi connectivity index (χ3v) is 25.8. The molecule has 2 aromatic carbocycles. The molecule has 4 atom stereocenters. The molecule has 2 heterocycles. The minimum Gasteiger partial charge on any atom is -0.406 e. The largest absolute Gasteiger partial charge is 0.406 e. The zero-order chi connectivity index (χ0) is 37.7. The van der Waals surface area contributed by atoms with Crippen LogP contribution in [0.3, 0.4) is 0 Å². The van der Waals surface area contributed by atoms with Crippen molar-refractivity contribution in [2.75, 3.05) is 0 Å². The number of nitrogens with one attached hydrogen (secondary N) is 1. The van der Waals surface area contributed by atoms with Gasteiger partial charge in [0, 0.05) is 6.54 Å². The average molecular weight is 765 g/mol. The second kappa shape index (κ2) is 14.1. The van der Waals surface area contributed by atoms with Gasteiger partial charge in [0.2, 0.25) is 10.0 Å². The van der Waals surface area contributed by atoms with Crippen molar-refractivity contribution in [3.63, 3.8) is 0 Å². The Morgan fingerprint density at radius 2 is 1.24 bits per heavy atom. The van der Waals surface area contributed by atoms with Crippen LogP contribution < -0.4 is 9.56 Å². The number of sulfonamides is 1. The van der Waals surface area contributed by atoms with Crippen LogP contribution in [-0.2, 0) is 34.6 Å². The number of nitrogens with zero attached hydrogens (tertiary/aromatic N) is 3. The minimum atomic E-state index is -3.86. The van der Waals surface area contributed by atoms with Crippen LogP contribution in [0.25, 0.3) is 11.0 Å². The Hall–Kier alpha value is -1.96. The molecule has 50 heavy (non-hydrogen) atoms. The van der Waals surface area contributed by atoms with Crippen LogP contribution in [0.1, 0.15) is 67.9 Å². The van der Waals surface area contributed by atoms with Crippen molar-refractivity contribution in [1.82, 2.24) is 19.9 Å². The zero-order valence-electron chi connectivity index (χ0n) is 32.7. The molecular formula is C35H60N4O7SSi3. The molecule has 0 aliphatic carbocycles. The van der Waals surface area contributed by atoms with Gasteiger partial charge < -0.3 is 22.9 Å². The molecule has 4 rings (SSSR count). The van der Waals surface area contributed by atoms with Crippen LogP contribution in [0.5, 0.6) is 0 Å². The summed E-state index contributed by atoms with van der Waals surface area (Å²) < 4.78 is 57.4. The van der Waals surface area contributed by atoms with Crippen molar-refractivity contribution in [2.24, 2.45) is 0 Å². The number of hydrogen-bond acceptors (Lipinski definition) is 9. The second-order valence-electron chi connectivity index (χ2n) is 18.0. The first-order valence-electron chi connectivity index (χ1n) is 17.4. The van der Waals surface area contributed by atoms with Crippen LogP contribution in [0.2, 0.25) is 54.4 Å².